The Morgan fingerprint density at radius 3 is 1.18 bits per heavy atom. The van der Waals surface area contributed by atoms with Crippen LogP contribution in [0.4, 0.5) is 0 Å². The van der Waals surface area contributed by atoms with Crippen LogP contribution in [0, 0.1) is 0 Å². The standard InChI is InChI=1S/2C22H25.C2H6Si.2ClH.Zr/c2*1-5-9-16-14-17-10-8-12-18(20(17)15-16)19-11-6-7-13-21(19)22(2,3)4;1-3-2;;;/h2*6-8,10-15H,5,9H2,1-4H3;1-2H3;2*1H;/q2*-1;;;;+4/p-2. The fourth-order valence-corrected chi connectivity index (χ4v) is 6.67. The second kappa shape index (κ2) is 20.1. The summed E-state index contributed by atoms with van der Waals surface area (Å²) in [5, 5.41) is 5.51. The van der Waals surface area contributed by atoms with Gasteiger partial charge in [0.1, 0.15) is 0 Å². The number of aryl methyl sites for hydroxylation is 2. The summed E-state index contributed by atoms with van der Waals surface area (Å²) in [6.45, 7) is 22.5. The van der Waals surface area contributed by atoms with Gasteiger partial charge in [-0.2, -0.15) is 12.1 Å². The second-order valence-corrected chi connectivity index (χ2v) is 19.7. The predicted molar refractivity (Wildman–Crippen MR) is 225 cm³/mol. The minimum absolute atomic E-state index is 0.150. The van der Waals surface area contributed by atoms with Gasteiger partial charge in [-0.05, 0) is 45.9 Å². The van der Waals surface area contributed by atoms with Crippen LogP contribution in [0.1, 0.15) is 90.5 Å². The number of rotatable bonds is 6. The summed E-state index contributed by atoms with van der Waals surface area (Å²) in [6, 6.07) is 40.5. The predicted octanol–water partition coefficient (Wildman–Crippen LogP) is 15.1. The van der Waals surface area contributed by atoms with Crippen molar-refractivity contribution in [3.05, 3.63) is 131 Å². The molecule has 0 saturated carbocycles. The van der Waals surface area contributed by atoms with Gasteiger partial charge in [0.25, 0.3) is 0 Å². The third-order valence-electron chi connectivity index (χ3n) is 8.75. The first-order chi connectivity index (χ1) is 23.8. The Kier molecular flexibility index (Phi) is 17.0. The Hall–Kier alpha value is -2.22. The molecule has 0 nitrogen and oxygen atoms in total. The maximum absolute atomic E-state index is 4.93. The van der Waals surface area contributed by atoms with Gasteiger partial charge < -0.3 is 0 Å². The van der Waals surface area contributed by atoms with Crippen LogP contribution in [-0.4, -0.2) is 9.52 Å². The van der Waals surface area contributed by atoms with Crippen molar-refractivity contribution >= 4 is 48.1 Å². The van der Waals surface area contributed by atoms with Gasteiger partial charge >= 0.3 is 37.9 Å². The number of benzene rings is 4. The fraction of sp³-hybridized carbons (Fsp3) is 0.348. The van der Waals surface area contributed by atoms with Crippen LogP contribution in [0.5, 0.6) is 0 Å². The molecule has 0 bridgehead atoms. The molecule has 0 saturated heterocycles. The molecule has 6 aromatic carbocycles. The average Bonchev–Trinajstić information content (AvgIpc) is 3.69. The molecule has 262 valence electrons. The molecule has 0 spiro atoms. The van der Waals surface area contributed by atoms with Crippen LogP contribution in [0.2, 0.25) is 13.1 Å². The number of hydrogen-bond acceptors (Lipinski definition) is 0. The molecule has 0 aliphatic heterocycles. The van der Waals surface area contributed by atoms with Crippen molar-refractivity contribution in [3.63, 3.8) is 0 Å². The summed E-state index contributed by atoms with van der Waals surface area (Å²) < 4.78 is 0. The van der Waals surface area contributed by atoms with E-state index in [-0.39, 0.29) is 10.8 Å². The zero-order chi connectivity index (χ0) is 36.9. The number of hydrogen-bond donors (Lipinski definition) is 0. The van der Waals surface area contributed by atoms with Gasteiger partial charge in [-0.3, -0.25) is 0 Å². The Morgan fingerprint density at radius 1 is 0.540 bits per heavy atom. The van der Waals surface area contributed by atoms with Gasteiger partial charge in [0.15, 0.2) is 0 Å². The summed E-state index contributed by atoms with van der Waals surface area (Å²) in [4.78, 5) is 0. The van der Waals surface area contributed by atoms with E-state index in [1.54, 1.807) is 0 Å². The van der Waals surface area contributed by atoms with Crippen molar-refractivity contribution in [1.82, 2.24) is 0 Å². The van der Waals surface area contributed by atoms with E-state index < -0.39 is 20.8 Å². The summed E-state index contributed by atoms with van der Waals surface area (Å²) >= 11 is -0.826. The summed E-state index contributed by atoms with van der Waals surface area (Å²) in [7, 11) is 11.0. The quantitative estimate of drug-likeness (QED) is 0.116. The third-order valence-corrected chi connectivity index (χ3v) is 8.75. The Balaban J connectivity index is 0.000000234. The first kappa shape index (κ1) is 42.2. The fourth-order valence-electron chi connectivity index (χ4n) is 6.67. The van der Waals surface area contributed by atoms with Gasteiger partial charge in [-0.25, -0.2) is 0 Å². The number of fused-ring (bicyclic) bond motifs is 2. The monoisotopic (exact) mass is 796 g/mol. The zero-order valence-corrected chi connectivity index (χ0v) is 36.9. The molecule has 0 amide bonds. The van der Waals surface area contributed by atoms with E-state index in [9.17, 15) is 0 Å². The molecule has 6 aromatic rings. The Bertz CT molecular complexity index is 1760. The first-order valence-electron chi connectivity index (χ1n) is 18.0. The van der Waals surface area contributed by atoms with E-state index in [0.717, 1.165) is 22.4 Å². The Labute approximate surface area is 325 Å². The van der Waals surface area contributed by atoms with Crippen LogP contribution >= 0.6 is 17.0 Å². The molecular weight excluding hydrogens is 743 g/mol. The van der Waals surface area contributed by atoms with Gasteiger partial charge in [-0.15, -0.1) is 69.1 Å². The van der Waals surface area contributed by atoms with Crippen molar-refractivity contribution in [2.24, 2.45) is 0 Å². The molecular formula is C46H56Cl2SiZr. The van der Waals surface area contributed by atoms with Crippen molar-refractivity contribution in [1.29, 1.82) is 0 Å². The maximum atomic E-state index is 4.93. The third kappa shape index (κ3) is 11.4. The van der Waals surface area contributed by atoms with Crippen LogP contribution in [0.15, 0.2) is 109 Å². The van der Waals surface area contributed by atoms with Gasteiger partial charge in [-0.1, -0.05) is 153 Å². The molecule has 0 aromatic heterocycles. The van der Waals surface area contributed by atoms with Crippen molar-refractivity contribution in [2.45, 2.75) is 105 Å². The van der Waals surface area contributed by atoms with Gasteiger partial charge in [0.05, 0.1) is 0 Å². The van der Waals surface area contributed by atoms with Gasteiger partial charge in [0, 0.05) is 9.52 Å². The molecule has 2 radical (unpaired) electrons. The molecule has 0 aliphatic rings. The summed E-state index contributed by atoms with van der Waals surface area (Å²) in [6.07, 6.45) is 4.72. The van der Waals surface area contributed by atoms with E-state index in [2.05, 4.69) is 178 Å². The van der Waals surface area contributed by atoms with Crippen LogP contribution in [0.25, 0.3) is 43.8 Å². The van der Waals surface area contributed by atoms with Crippen LogP contribution < -0.4 is 0 Å². The average molecular weight is 799 g/mol. The second-order valence-electron chi connectivity index (χ2n) is 15.0. The molecule has 50 heavy (non-hydrogen) atoms. The molecule has 0 aliphatic carbocycles. The molecule has 0 atom stereocenters. The Morgan fingerprint density at radius 2 is 0.860 bits per heavy atom. The molecule has 0 fully saturated rings. The van der Waals surface area contributed by atoms with Crippen LogP contribution in [0.3, 0.4) is 0 Å². The normalized spacial score (nSPS) is 11.1. The number of halogens is 2. The van der Waals surface area contributed by atoms with Gasteiger partial charge in [0.2, 0.25) is 0 Å². The molecule has 0 unspecified atom stereocenters. The van der Waals surface area contributed by atoms with E-state index in [4.69, 9.17) is 17.0 Å². The molecule has 6 rings (SSSR count). The van der Waals surface area contributed by atoms with Crippen molar-refractivity contribution in [2.75, 3.05) is 0 Å². The van der Waals surface area contributed by atoms with E-state index >= 15 is 0 Å². The van der Waals surface area contributed by atoms with E-state index in [0.29, 0.717) is 0 Å². The van der Waals surface area contributed by atoms with E-state index in [1.807, 2.05) is 0 Å². The molecule has 4 heteroatoms. The minimum atomic E-state index is -0.826. The zero-order valence-electron chi connectivity index (χ0n) is 32.0. The molecule has 0 N–H and O–H groups in total. The topological polar surface area (TPSA) is 0 Å². The van der Waals surface area contributed by atoms with E-state index in [1.165, 1.54) is 78.9 Å². The van der Waals surface area contributed by atoms with Crippen molar-refractivity contribution in [3.8, 4) is 22.3 Å². The summed E-state index contributed by atoms with van der Waals surface area (Å²) in [5.74, 6) is 0. The summed E-state index contributed by atoms with van der Waals surface area (Å²) in [5.41, 5.74) is 11.5. The van der Waals surface area contributed by atoms with Crippen molar-refractivity contribution < 1.29 is 20.8 Å². The SMILES string of the molecule is CCCc1cc2c(-c3ccccc3C(C)(C)C)cccc2[cH-]1.CCCc1cc2c(-c3ccccc3C(C)(C)C)cccc2[cH-]1.C[Si]C.[Cl][Zr+2][Cl]. The first-order valence-corrected chi connectivity index (χ1v) is 26.3. The van der Waals surface area contributed by atoms with Crippen LogP contribution in [-0.2, 0) is 44.5 Å². The molecule has 0 heterocycles.